The molecule has 1 fully saturated rings. The lowest BCUT2D eigenvalue weighted by Gasteiger charge is -2.32. The Kier molecular flexibility index (Phi) is 3.05. The van der Waals surface area contributed by atoms with Crippen LogP contribution in [0.4, 0.5) is 0 Å². The third-order valence-corrected chi connectivity index (χ3v) is 3.38. The standard InChI is InChI=1S/C11H14N4O4/c16-2-8-7(17)1-6(3-19-8)15-5-14-9-10(15)12-4-13-11(9)18/h4-8,16-17H,1-3H2,(H,12,13,18). The largest absolute Gasteiger partial charge is 0.394 e. The van der Waals surface area contributed by atoms with Gasteiger partial charge in [-0.15, -0.1) is 0 Å². The average Bonchev–Trinajstić information content (AvgIpc) is 2.84. The highest BCUT2D eigenvalue weighted by molar-refractivity contribution is 5.68. The zero-order valence-corrected chi connectivity index (χ0v) is 10.1. The maximum atomic E-state index is 11.6. The SMILES string of the molecule is O=c1[nH]cnc2c1ncn2C1COC(CO)C(O)C1. The van der Waals surface area contributed by atoms with E-state index in [1.54, 1.807) is 4.57 Å². The van der Waals surface area contributed by atoms with Gasteiger partial charge in [0.15, 0.2) is 11.2 Å². The van der Waals surface area contributed by atoms with Gasteiger partial charge in [-0.25, -0.2) is 9.97 Å². The van der Waals surface area contributed by atoms with E-state index in [0.717, 1.165) is 0 Å². The predicted molar refractivity (Wildman–Crippen MR) is 64.6 cm³/mol. The van der Waals surface area contributed by atoms with Crippen molar-refractivity contribution in [3.8, 4) is 0 Å². The Morgan fingerprint density at radius 1 is 1.53 bits per heavy atom. The third-order valence-electron chi connectivity index (χ3n) is 3.38. The van der Waals surface area contributed by atoms with Crippen molar-refractivity contribution in [2.24, 2.45) is 0 Å². The molecule has 0 radical (unpaired) electrons. The summed E-state index contributed by atoms with van der Waals surface area (Å²) in [6, 6.07) is -0.155. The van der Waals surface area contributed by atoms with Crippen molar-refractivity contribution < 1.29 is 14.9 Å². The normalized spacial score (nSPS) is 27.8. The van der Waals surface area contributed by atoms with Crippen LogP contribution in [-0.4, -0.2) is 55.2 Å². The van der Waals surface area contributed by atoms with E-state index in [4.69, 9.17) is 9.84 Å². The van der Waals surface area contributed by atoms with Crippen molar-refractivity contribution in [1.82, 2.24) is 19.5 Å². The lowest BCUT2D eigenvalue weighted by Crippen LogP contribution is -2.41. The van der Waals surface area contributed by atoms with E-state index >= 15 is 0 Å². The highest BCUT2D eigenvalue weighted by atomic mass is 16.5. The summed E-state index contributed by atoms with van der Waals surface area (Å²) >= 11 is 0. The van der Waals surface area contributed by atoms with Crippen molar-refractivity contribution in [3.05, 3.63) is 23.0 Å². The Labute approximate surface area is 107 Å². The molecule has 0 amide bonds. The Morgan fingerprint density at radius 2 is 2.37 bits per heavy atom. The Morgan fingerprint density at radius 3 is 3.11 bits per heavy atom. The molecule has 3 atom stereocenters. The molecule has 3 heterocycles. The molecule has 19 heavy (non-hydrogen) atoms. The number of H-pyrrole nitrogens is 1. The zero-order chi connectivity index (χ0) is 13.4. The van der Waals surface area contributed by atoms with Crippen LogP contribution >= 0.6 is 0 Å². The number of nitrogens with zero attached hydrogens (tertiary/aromatic N) is 3. The number of rotatable bonds is 2. The highest BCUT2D eigenvalue weighted by Crippen LogP contribution is 2.25. The first-order valence-corrected chi connectivity index (χ1v) is 6.01. The lowest BCUT2D eigenvalue weighted by molar-refractivity contribution is -0.112. The van der Waals surface area contributed by atoms with Gasteiger partial charge >= 0.3 is 0 Å². The molecule has 1 saturated heterocycles. The van der Waals surface area contributed by atoms with Crippen LogP contribution in [-0.2, 0) is 4.74 Å². The molecule has 0 saturated carbocycles. The third kappa shape index (κ3) is 2.03. The van der Waals surface area contributed by atoms with E-state index in [-0.39, 0.29) is 23.7 Å². The van der Waals surface area contributed by atoms with E-state index in [1.165, 1.54) is 12.7 Å². The second kappa shape index (κ2) is 4.72. The molecular weight excluding hydrogens is 252 g/mol. The molecular formula is C11H14N4O4. The molecule has 1 aliphatic rings. The van der Waals surface area contributed by atoms with Crippen molar-refractivity contribution in [3.63, 3.8) is 0 Å². The highest BCUT2D eigenvalue weighted by Gasteiger charge is 2.31. The summed E-state index contributed by atoms with van der Waals surface area (Å²) in [4.78, 5) is 22.1. The van der Waals surface area contributed by atoms with Crippen LogP contribution in [0.3, 0.4) is 0 Å². The van der Waals surface area contributed by atoms with E-state index in [0.29, 0.717) is 18.7 Å². The van der Waals surface area contributed by atoms with Crippen LogP contribution in [0.1, 0.15) is 12.5 Å². The summed E-state index contributed by atoms with van der Waals surface area (Å²) < 4.78 is 7.12. The van der Waals surface area contributed by atoms with E-state index in [2.05, 4.69) is 15.0 Å². The van der Waals surface area contributed by atoms with Crippen LogP contribution in [0.15, 0.2) is 17.4 Å². The molecule has 2 aromatic heterocycles. The molecule has 2 aromatic rings. The van der Waals surface area contributed by atoms with Gasteiger partial charge in [0.2, 0.25) is 0 Å². The Balaban J connectivity index is 1.93. The van der Waals surface area contributed by atoms with Crippen molar-refractivity contribution >= 4 is 11.2 Å². The van der Waals surface area contributed by atoms with Gasteiger partial charge in [0.25, 0.3) is 5.56 Å². The second-order valence-corrected chi connectivity index (χ2v) is 4.57. The average molecular weight is 266 g/mol. The number of hydrogen-bond acceptors (Lipinski definition) is 6. The maximum Gasteiger partial charge on any atom is 0.278 e. The van der Waals surface area contributed by atoms with Gasteiger partial charge in [-0.05, 0) is 6.42 Å². The Bertz CT molecular complexity index is 637. The van der Waals surface area contributed by atoms with Crippen molar-refractivity contribution in [1.29, 1.82) is 0 Å². The summed E-state index contributed by atoms with van der Waals surface area (Å²) in [6.07, 6.45) is 1.96. The molecule has 3 rings (SSSR count). The van der Waals surface area contributed by atoms with Crippen LogP contribution in [0.5, 0.6) is 0 Å². The van der Waals surface area contributed by atoms with Crippen LogP contribution in [0.2, 0.25) is 0 Å². The summed E-state index contributed by atoms with van der Waals surface area (Å²) in [7, 11) is 0. The van der Waals surface area contributed by atoms with Crippen LogP contribution in [0, 0.1) is 0 Å². The van der Waals surface area contributed by atoms with Gasteiger partial charge in [-0.2, -0.15) is 0 Å². The maximum absolute atomic E-state index is 11.6. The molecule has 0 aliphatic carbocycles. The first-order chi connectivity index (χ1) is 9.20. The van der Waals surface area contributed by atoms with E-state index in [9.17, 15) is 9.90 Å². The molecule has 1 aliphatic heterocycles. The fraction of sp³-hybridized carbons (Fsp3) is 0.545. The fourth-order valence-electron chi connectivity index (χ4n) is 2.34. The fourth-order valence-corrected chi connectivity index (χ4v) is 2.34. The second-order valence-electron chi connectivity index (χ2n) is 4.57. The first-order valence-electron chi connectivity index (χ1n) is 6.01. The zero-order valence-electron chi connectivity index (χ0n) is 10.1. The summed E-state index contributed by atoms with van der Waals surface area (Å²) in [5, 5.41) is 18.9. The molecule has 3 N–H and O–H groups in total. The molecule has 8 nitrogen and oxygen atoms in total. The van der Waals surface area contributed by atoms with Crippen molar-refractivity contribution in [2.75, 3.05) is 13.2 Å². The number of hydrogen-bond donors (Lipinski definition) is 3. The van der Waals surface area contributed by atoms with Crippen LogP contribution < -0.4 is 5.56 Å². The molecule has 3 unspecified atom stereocenters. The number of ether oxygens (including phenoxy) is 1. The molecule has 102 valence electrons. The first kappa shape index (κ1) is 12.3. The summed E-state index contributed by atoms with van der Waals surface area (Å²) in [5.74, 6) is 0. The topological polar surface area (TPSA) is 113 Å². The monoisotopic (exact) mass is 266 g/mol. The minimum atomic E-state index is -0.747. The van der Waals surface area contributed by atoms with E-state index in [1.807, 2.05) is 0 Å². The quantitative estimate of drug-likeness (QED) is 0.629. The van der Waals surface area contributed by atoms with Gasteiger partial charge in [-0.3, -0.25) is 4.79 Å². The van der Waals surface area contributed by atoms with Gasteiger partial charge in [0.1, 0.15) is 6.10 Å². The van der Waals surface area contributed by atoms with Gasteiger partial charge in [-0.1, -0.05) is 0 Å². The minimum Gasteiger partial charge on any atom is -0.394 e. The number of aromatic nitrogens is 4. The minimum absolute atomic E-state index is 0.155. The molecule has 0 aromatic carbocycles. The predicted octanol–water partition coefficient (Wildman–Crippen LogP) is -1.20. The number of aliphatic hydroxyl groups is 2. The number of imidazole rings is 1. The summed E-state index contributed by atoms with van der Waals surface area (Å²) in [6.45, 7) is 0.124. The smallest absolute Gasteiger partial charge is 0.278 e. The molecule has 0 bridgehead atoms. The van der Waals surface area contributed by atoms with Gasteiger partial charge in [0.05, 0.1) is 38.0 Å². The van der Waals surface area contributed by atoms with E-state index < -0.39 is 12.2 Å². The number of fused-ring (bicyclic) bond motifs is 1. The number of aromatic amines is 1. The van der Waals surface area contributed by atoms with Crippen molar-refractivity contribution in [2.45, 2.75) is 24.7 Å². The van der Waals surface area contributed by atoms with Gasteiger partial charge in [0, 0.05) is 0 Å². The van der Waals surface area contributed by atoms with Crippen LogP contribution in [0.25, 0.3) is 11.2 Å². The van der Waals surface area contributed by atoms with Gasteiger partial charge < -0.3 is 24.5 Å². The molecule has 0 spiro atoms. The Hall–Kier alpha value is -1.77. The molecule has 8 heteroatoms. The lowest BCUT2D eigenvalue weighted by atomic mass is 10.0. The summed E-state index contributed by atoms with van der Waals surface area (Å²) in [5.41, 5.74) is 0.433. The number of nitrogens with one attached hydrogen (secondary N) is 1. The number of aliphatic hydroxyl groups excluding tert-OH is 2.